The number of hydrogen-bond donors (Lipinski definition) is 2. The van der Waals surface area contributed by atoms with Crippen molar-refractivity contribution >= 4 is 0 Å². The summed E-state index contributed by atoms with van der Waals surface area (Å²) in [6, 6.07) is 10.1. The summed E-state index contributed by atoms with van der Waals surface area (Å²) in [6.07, 6.45) is 1.73. The molecule has 3 nitrogen and oxygen atoms in total. The largest absolute Gasteiger partial charge is 0.394 e. The summed E-state index contributed by atoms with van der Waals surface area (Å²) in [7, 11) is 0. The molecule has 0 radical (unpaired) electrons. The molecule has 2 rings (SSSR count). The van der Waals surface area contributed by atoms with Gasteiger partial charge < -0.3 is 15.6 Å². The van der Waals surface area contributed by atoms with E-state index in [0.29, 0.717) is 6.61 Å². The third kappa shape index (κ3) is 2.56. The van der Waals surface area contributed by atoms with E-state index < -0.39 is 0 Å². The molecule has 0 aliphatic heterocycles. The zero-order valence-corrected chi connectivity index (χ0v) is 8.73. The van der Waals surface area contributed by atoms with Crippen LogP contribution in [0.25, 0.3) is 0 Å². The fraction of sp³-hybridized carbons (Fsp3) is 0.500. The van der Waals surface area contributed by atoms with Gasteiger partial charge in [0.2, 0.25) is 0 Å². The Labute approximate surface area is 89.9 Å². The van der Waals surface area contributed by atoms with Crippen LogP contribution in [0.2, 0.25) is 0 Å². The van der Waals surface area contributed by atoms with E-state index in [0.717, 1.165) is 12.8 Å². The lowest BCUT2D eigenvalue weighted by Gasteiger charge is -2.43. The average molecular weight is 207 g/mol. The van der Waals surface area contributed by atoms with Gasteiger partial charge in [0.15, 0.2) is 0 Å². The quantitative estimate of drug-likeness (QED) is 0.776. The van der Waals surface area contributed by atoms with E-state index in [4.69, 9.17) is 15.6 Å². The Morgan fingerprint density at radius 2 is 2.00 bits per heavy atom. The van der Waals surface area contributed by atoms with Gasteiger partial charge in [0, 0.05) is 5.54 Å². The van der Waals surface area contributed by atoms with E-state index in [1.54, 1.807) is 0 Å². The van der Waals surface area contributed by atoms with Gasteiger partial charge in [-0.2, -0.15) is 0 Å². The second-order valence-corrected chi connectivity index (χ2v) is 4.35. The van der Waals surface area contributed by atoms with Gasteiger partial charge in [-0.25, -0.2) is 0 Å². The Balaban J connectivity index is 1.73. The summed E-state index contributed by atoms with van der Waals surface area (Å²) in [5.41, 5.74) is 6.62. The fourth-order valence-electron chi connectivity index (χ4n) is 1.88. The predicted octanol–water partition coefficient (Wildman–Crippen LogP) is 1.06. The van der Waals surface area contributed by atoms with E-state index in [1.165, 1.54) is 5.56 Å². The monoisotopic (exact) mass is 207 g/mol. The number of aliphatic hydroxyl groups is 1. The van der Waals surface area contributed by atoms with Crippen LogP contribution in [0, 0.1) is 0 Å². The molecule has 0 spiro atoms. The van der Waals surface area contributed by atoms with E-state index in [-0.39, 0.29) is 18.2 Å². The maximum absolute atomic E-state index is 8.97. The summed E-state index contributed by atoms with van der Waals surface area (Å²) in [5.74, 6) is 0. The fourth-order valence-corrected chi connectivity index (χ4v) is 1.88. The average Bonchev–Trinajstić information content (AvgIpc) is 2.24. The minimum absolute atomic E-state index is 0.0538. The zero-order chi connectivity index (χ0) is 10.7. The lowest BCUT2D eigenvalue weighted by Crippen LogP contribution is -2.57. The zero-order valence-electron chi connectivity index (χ0n) is 8.73. The van der Waals surface area contributed by atoms with Crippen LogP contribution < -0.4 is 5.73 Å². The highest BCUT2D eigenvalue weighted by atomic mass is 16.5. The Hall–Kier alpha value is -0.900. The molecule has 3 heteroatoms. The molecule has 3 N–H and O–H groups in total. The summed E-state index contributed by atoms with van der Waals surface area (Å²) in [4.78, 5) is 0. The first-order valence-electron chi connectivity index (χ1n) is 5.27. The molecule has 0 heterocycles. The van der Waals surface area contributed by atoms with Crippen molar-refractivity contribution in [3.05, 3.63) is 35.9 Å². The molecular formula is C12H17NO2. The molecule has 0 aromatic heterocycles. The van der Waals surface area contributed by atoms with Crippen LogP contribution in [0.3, 0.4) is 0 Å². The van der Waals surface area contributed by atoms with Crippen molar-refractivity contribution in [1.29, 1.82) is 0 Å². The molecule has 1 aromatic carbocycles. The summed E-state index contributed by atoms with van der Waals surface area (Å²) < 4.78 is 5.67. The third-order valence-corrected chi connectivity index (χ3v) is 2.91. The van der Waals surface area contributed by atoms with E-state index >= 15 is 0 Å². The molecule has 15 heavy (non-hydrogen) atoms. The molecule has 0 bridgehead atoms. The van der Waals surface area contributed by atoms with Gasteiger partial charge >= 0.3 is 0 Å². The third-order valence-electron chi connectivity index (χ3n) is 2.91. The first-order chi connectivity index (χ1) is 7.22. The van der Waals surface area contributed by atoms with Gasteiger partial charge in [0.1, 0.15) is 0 Å². The second-order valence-electron chi connectivity index (χ2n) is 4.35. The lowest BCUT2D eigenvalue weighted by molar-refractivity contribution is -0.0664. The highest BCUT2D eigenvalue weighted by Gasteiger charge is 2.41. The molecule has 1 aliphatic rings. The molecule has 1 aliphatic carbocycles. The number of nitrogens with two attached hydrogens (primary N) is 1. The van der Waals surface area contributed by atoms with Crippen molar-refractivity contribution in [2.24, 2.45) is 5.73 Å². The van der Waals surface area contributed by atoms with Crippen molar-refractivity contribution in [2.75, 3.05) is 6.61 Å². The summed E-state index contributed by atoms with van der Waals surface area (Å²) in [5, 5.41) is 8.97. The van der Waals surface area contributed by atoms with Crippen molar-refractivity contribution in [2.45, 2.75) is 31.1 Å². The van der Waals surface area contributed by atoms with E-state index in [9.17, 15) is 0 Å². The molecule has 0 unspecified atom stereocenters. The standard InChI is InChI=1S/C12H17NO2/c13-12(9-14)6-11(7-12)15-8-10-4-2-1-3-5-10/h1-5,11,14H,6-9,13H2/t11-,12+. The normalized spacial score (nSPS) is 29.9. The minimum atomic E-state index is -0.388. The Morgan fingerprint density at radius 3 is 2.60 bits per heavy atom. The predicted molar refractivity (Wildman–Crippen MR) is 58.3 cm³/mol. The van der Waals surface area contributed by atoms with Crippen molar-refractivity contribution in [3.8, 4) is 0 Å². The van der Waals surface area contributed by atoms with Gasteiger partial charge in [-0.05, 0) is 18.4 Å². The SMILES string of the molecule is N[C@]1(CO)C[C@H](OCc2ccccc2)C1. The number of ether oxygens (including phenoxy) is 1. The summed E-state index contributed by atoms with van der Waals surface area (Å²) >= 11 is 0. The molecule has 1 fully saturated rings. The van der Waals surface area contributed by atoms with Gasteiger partial charge in [0.25, 0.3) is 0 Å². The molecule has 82 valence electrons. The van der Waals surface area contributed by atoms with Crippen LogP contribution in [-0.4, -0.2) is 23.4 Å². The van der Waals surface area contributed by atoms with Gasteiger partial charge in [-0.3, -0.25) is 0 Å². The Kier molecular flexibility index (Phi) is 3.05. The molecule has 0 saturated heterocycles. The summed E-state index contributed by atoms with van der Waals surface area (Å²) in [6.45, 7) is 0.686. The number of aliphatic hydroxyl groups excluding tert-OH is 1. The highest BCUT2D eigenvalue weighted by Crippen LogP contribution is 2.32. The van der Waals surface area contributed by atoms with Crippen molar-refractivity contribution < 1.29 is 9.84 Å². The molecular weight excluding hydrogens is 190 g/mol. The Bertz CT molecular complexity index is 307. The molecule has 1 saturated carbocycles. The van der Waals surface area contributed by atoms with Crippen molar-refractivity contribution in [3.63, 3.8) is 0 Å². The maximum atomic E-state index is 8.97. The first-order valence-corrected chi connectivity index (χ1v) is 5.27. The number of benzene rings is 1. The topological polar surface area (TPSA) is 55.5 Å². The second kappa shape index (κ2) is 4.31. The van der Waals surface area contributed by atoms with Crippen molar-refractivity contribution in [1.82, 2.24) is 0 Å². The molecule has 0 amide bonds. The minimum Gasteiger partial charge on any atom is -0.394 e. The van der Waals surface area contributed by atoms with Gasteiger partial charge in [0.05, 0.1) is 19.3 Å². The van der Waals surface area contributed by atoms with Crippen LogP contribution in [0.1, 0.15) is 18.4 Å². The highest BCUT2D eigenvalue weighted by molar-refractivity contribution is 5.13. The lowest BCUT2D eigenvalue weighted by atomic mass is 9.76. The first kappa shape index (κ1) is 10.6. The van der Waals surface area contributed by atoms with Crippen LogP contribution in [-0.2, 0) is 11.3 Å². The van der Waals surface area contributed by atoms with Gasteiger partial charge in [-0.1, -0.05) is 30.3 Å². The Morgan fingerprint density at radius 1 is 1.33 bits per heavy atom. The maximum Gasteiger partial charge on any atom is 0.0720 e. The molecule has 1 aromatic rings. The molecule has 0 atom stereocenters. The van der Waals surface area contributed by atoms with Crippen LogP contribution >= 0.6 is 0 Å². The van der Waals surface area contributed by atoms with Crippen LogP contribution in [0.15, 0.2) is 30.3 Å². The van der Waals surface area contributed by atoms with E-state index in [1.807, 2.05) is 30.3 Å². The van der Waals surface area contributed by atoms with E-state index in [2.05, 4.69) is 0 Å². The van der Waals surface area contributed by atoms with Gasteiger partial charge in [-0.15, -0.1) is 0 Å². The van der Waals surface area contributed by atoms with Crippen LogP contribution in [0.4, 0.5) is 0 Å². The number of hydrogen-bond acceptors (Lipinski definition) is 3. The number of rotatable bonds is 4. The van der Waals surface area contributed by atoms with Crippen LogP contribution in [0.5, 0.6) is 0 Å². The smallest absolute Gasteiger partial charge is 0.0720 e.